The van der Waals surface area contributed by atoms with Crippen LogP contribution in [0.2, 0.25) is 0 Å². The molecule has 112 valence electrons. The van der Waals surface area contributed by atoms with Crippen LogP contribution < -0.4 is 5.63 Å². The van der Waals surface area contributed by atoms with Gasteiger partial charge in [-0.05, 0) is 31.2 Å². The monoisotopic (exact) mass is 309 g/mol. The summed E-state index contributed by atoms with van der Waals surface area (Å²) in [4.78, 5) is 11.3. The molecule has 1 saturated heterocycles. The van der Waals surface area contributed by atoms with Gasteiger partial charge in [-0.1, -0.05) is 0 Å². The SMILES string of the molecule is CC1CN(S(=O)(=O)c2ccc3oc(=O)ccc3c2)CCO1. The summed E-state index contributed by atoms with van der Waals surface area (Å²) < 4.78 is 37.0. The van der Waals surface area contributed by atoms with Crippen LogP contribution in [0.4, 0.5) is 0 Å². The Bertz CT molecular complexity index is 827. The molecule has 0 bridgehead atoms. The molecular weight excluding hydrogens is 294 g/mol. The van der Waals surface area contributed by atoms with Crippen molar-refractivity contribution < 1.29 is 17.6 Å². The van der Waals surface area contributed by atoms with Crippen molar-refractivity contribution >= 4 is 21.0 Å². The summed E-state index contributed by atoms with van der Waals surface area (Å²) in [7, 11) is -3.56. The summed E-state index contributed by atoms with van der Waals surface area (Å²) in [5, 5.41) is 0.581. The third kappa shape index (κ3) is 2.72. The summed E-state index contributed by atoms with van der Waals surface area (Å²) in [5.74, 6) is 0. The molecule has 1 aromatic carbocycles. The lowest BCUT2D eigenvalue weighted by Crippen LogP contribution is -2.44. The van der Waals surface area contributed by atoms with Gasteiger partial charge in [-0.3, -0.25) is 0 Å². The Morgan fingerprint density at radius 1 is 1.24 bits per heavy atom. The molecule has 1 aliphatic heterocycles. The largest absolute Gasteiger partial charge is 0.423 e. The Morgan fingerprint density at radius 2 is 2.05 bits per heavy atom. The van der Waals surface area contributed by atoms with Crippen molar-refractivity contribution in [3.63, 3.8) is 0 Å². The number of rotatable bonds is 2. The Hall–Kier alpha value is -1.70. The predicted octanol–water partition coefficient (Wildman–Crippen LogP) is 1.20. The first-order valence-corrected chi connectivity index (χ1v) is 8.06. The molecule has 0 aliphatic carbocycles. The molecule has 0 amide bonds. The van der Waals surface area contributed by atoms with E-state index in [9.17, 15) is 13.2 Å². The van der Waals surface area contributed by atoms with Crippen molar-refractivity contribution in [2.75, 3.05) is 19.7 Å². The van der Waals surface area contributed by atoms with Crippen LogP contribution in [0.5, 0.6) is 0 Å². The molecule has 0 radical (unpaired) electrons. The van der Waals surface area contributed by atoms with Gasteiger partial charge in [0, 0.05) is 24.5 Å². The minimum absolute atomic E-state index is 0.119. The van der Waals surface area contributed by atoms with Crippen LogP contribution in [0, 0.1) is 0 Å². The number of hydrogen-bond acceptors (Lipinski definition) is 5. The number of fused-ring (bicyclic) bond motifs is 1. The molecule has 2 heterocycles. The molecule has 1 aromatic heterocycles. The first-order chi connectivity index (χ1) is 9.96. The van der Waals surface area contributed by atoms with E-state index in [0.717, 1.165) is 0 Å². The van der Waals surface area contributed by atoms with E-state index in [2.05, 4.69) is 0 Å². The Morgan fingerprint density at radius 3 is 2.81 bits per heavy atom. The van der Waals surface area contributed by atoms with E-state index in [1.54, 1.807) is 6.07 Å². The van der Waals surface area contributed by atoms with E-state index in [4.69, 9.17) is 9.15 Å². The molecule has 0 saturated carbocycles. The van der Waals surface area contributed by atoms with Gasteiger partial charge in [0.15, 0.2) is 0 Å². The predicted molar refractivity (Wildman–Crippen MR) is 76.7 cm³/mol. The van der Waals surface area contributed by atoms with Crippen LogP contribution in [-0.4, -0.2) is 38.5 Å². The Balaban J connectivity index is 2.02. The summed E-state index contributed by atoms with van der Waals surface area (Å²) in [6.45, 7) is 2.92. The first kappa shape index (κ1) is 14.2. The highest BCUT2D eigenvalue weighted by molar-refractivity contribution is 7.89. The van der Waals surface area contributed by atoms with Gasteiger partial charge in [-0.15, -0.1) is 0 Å². The van der Waals surface area contributed by atoms with E-state index in [0.29, 0.717) is 30.7 Å². The molecule has 1 unspecified atom stereocenters. The van der Waals surface area contributed by atoms with Gasteiger partial charge in [-0.2, -0.15) is 4.31 Å². The van der Waals surface area contributed by atoms with E-state index in [1.165, 1.54) is 28.6 Å². The number of morpholine rings is 1. The standard InChI is InChI=1S/C14H15NO5S/c1-10-9-15(6-7-19-10)21(17,18)12-3-4-13-11(8-12)2-5-14(16)20-13/h2-5,8,10H,6-7,9H2,1H3. The lowest BCUT2D eigenvalue weighted by molar-refractivity contribution is 0.0102. The minimum atomic E-state index is -3.56. The molecule has 21 heavy (non-hydrogen) atoms. The molecule has 2 aromatic rings. The van der Waals surface area contributed by atoms with Crippen molar-refractivity contribution in [3.8, 4) is 0 Å². The number of ether oxygens (including phenoxy) is 1. The molecule has 1 atom stereocenters. The fourth-order valence-electron chi connectivity index (χ4n) is 2.36. The van der Waals surface area contributed by atoms with Crippen LogP contribution in [0.1, 0.15) is 6.92 Å². The smallest absolute Gasteiger partial charge is 0.336 e. The topological polar surface area (TPSA) is 76.8 Å². The second-order valence-electron chi connectivity index (χ2n) is 5.00. The van der Waals surface area contributed by atoms with Crippen molar-refractivity contribution in [1.82, 2.24) is 4.31 Å². The maximum Gasteiger partial charge on any atom is 0.336 e. The average Bonchev–Trinajstić information content (AvgIpc) is 2.46. The third-order valence-electron chi connectivity index (χ3n) is 3.43. The van der Waals surface area contributed by atoms with E-state index >= 15 is 0 Å². The molecule has 0 N–H and O–H groups in total. The maximum atomic E-state index is 12.6. The third-order valence-corrected chi connectivity index (χ3v) is 5.29. The lowest BCUT2D eigenvalue weighted by Gasteiger charge is -2.30. The van der Waals surface area contributed by atoms with Gasteiger partial charge in [0.1, 0.15) is 5.58 Å². The van der Waals surface area contributed by atoms with E-state index < -0.39 is 15.6 Å². The van der Waals surface area contributed by atoms with E-state index in [-0.39, 0.29) is 11.0 Å². The van der Waals surface area contributed by atoms with Crippen LogP contribution in [-0.2, 0) is 14.8 Å². The molecule has 7 heteroatoms. The van der Waals surface area contributed by atoms with Gasteiger partial charge in [0.05, 0.1) is 17.6 Å². The van der Waals surface area contributed by atoms with Crippen LogP contribution in [0.15, 0.2) is 44.4 Å². The van der Waals surface area contributed by atoms with Crippen LogP contribution >= 0.6 is 0 Å². The summed E-state index contributed by atoms with van der Waals surface area (Å²) in [5.41, 5.74) is -0.0862. The normalized spacial score (nSPS) is 20.7. The van der Waals surface area contributed by atoms with Gasteiger partial charge < -0.3 is 9.15 Å². The van der Waals surface area contributed by atoms with E-state index in [1.807, 2.05) is 6.92 Å². The molecule has 0 spiro atoms. The average molecular weight is 309 g/mol. The van der Waals surface area contributed by atoms with Gasteiger partial charge in [0.2, 0.25) is 10.0 Å². The fraction of sp³-hybridized carbons (Fsp3) is 0.357. The molecular formula is C14H15NO5S. The fourth-order valence-corrected chi connectivity index (χ4v) is 3.90. The van der Waals surface area contributed by atoms with Gasteiger partial charge >= 0.3 is 5.63 Å². The second-order valence-corrected chi connectivity index (χ2v) is 6.94. The van der Waals surface area contributed by atoms with Crippen molar-refractivity contribution in [1.29, 1.82) is 0 Å². The maximum absolute atomic E-state index is 12.6. The second kappa shape index (κ2) is 5.25. The lowest BCUT2D eigenvalue weighted by atomic mass is 10.2. The molecule has 3 rings (SSSR count). The number of benzene rings is 1. The highest BCUT2D eigenvalue weighted by Gasteiger charge is 2.29. The number of nitrogens with zero attached hydrogens (tertiary/aromatic N) is 1. The number of sulfonamides is 1. The highest BCUT2D eigenvalue weighted by Crippen LogP contribution is 2.22. The Kier molecular flexibility index (Phi) is 3.56. The Labute approximate surface area is 122 Å². The zero-order valence-electron chi connectivity index (χ0n) is 11.5. The molecule has 1 fully saturated rings. The summed E-state index contributed by atoms with van der Waals surface area (Å²) >= 11 is 0. The van der Waals surface area contributed by atoms with Crippen molar-refractivity contribution in [3.05, 3.63) is 40.8 Å². The zero-order chi connectivity index (χ0) is 15.0. The molecule has 6 nitrogen and oxygen atoms in total. The van der Waals surface area contributed by atoms with Crippen LogP contribution in [0.25, 0.3) is 11.0 Å². The zero-order valence-corrected chi connectivity index (χ0v) is 12.3. The highest BCUT2D eigenvalue weighted by atomic mass is 32.2. The quantitative estimate of drug-likeness (QED) is 0.779. The minimum Gasteiger partial charge on any atom is -0.423 e. The van der Waals surface area contributed by atoms with Crippen LogP contribution in [0.3, 0.4) is 0 Å². The first-order valence-electron chi connectivity index (χ1n) is 6.62. The summed E-state index contributed by atoms with van der Waals surface area (Å²) in [6.07, 6.45) is -0.119. The molecule has 1 aliphatic rings. The number of hydrogen-bond donors (Lipinski definition) is 0. The van der Waals surface area contributed by atoms with Gasteiger partial charge in [-0.25, -0.2) is 13.2 Å². The van der Waals surface area contributed by atoms with Crippen molar-refractivity contribution in [2.45, 2.75) is 17.9 Å². The van der Waals surface area contributed by atoms with Gasteiger partial charge in [0.25, 0.3) is 0 Å². The van der Waals surface area contributed by atoms with Crippen molar-refractivity contribution in [2.24, 2.45) is 0 Å². The summed E-state index contributed by atoms with van der Waals surface area (Å²) in [6, 6.07) is 7.32.